The Kier molecular flexibility index (Phi) is 3.66. The highest BCUT2D eigenvalue weighted by Gasteiger charge is 2.16. The summed E-state index contributed by atoms with van der Waals surface area (Å²) in [7, 11) is 0. The van der Waals surface area contributed by atoms with E-state index in [9.17, 15) is 13.6 Å². The molecule has 5 heteroatoms. The molecule has 19 heavy (non-hydrogen) atoms. The maximum atomic E-state index is 14.0. The van der Waals surface area contributed by atoms with Gasteiger partial charge in [-0.15, -0.1) is 0 Å². The number of halogens is 3. The van der Waals surface area contributed by atoms with Gasteiger partial charge in [0.25, 0.3) is 0 Å². The highest BCUT2D eigenvalue weighted by molar-refractivity contribution is 9.10. The first-order chi connectivity index (χ1) is 8.90. The zero-order chi connectivity index (χ0) is 14.2. The number of carbonyl (C=O) groups is 1. The summed E-state index contributed by atoms with van der Waals surface area (Å²) in [6.45, 7) is 1.67. The lowest BCUT2D eigenvalue weighted by molar-refractivity contribution is 0.0697. The zero-order valence-corrected chi connectivity index (χ0v) is 11.5. The number of aryl methyl sites for hydroxylation is 1. The third kappa shape index (κ3) is 2.66. The second kappa shape index (κ2) is 5.09. The minimum atomic E-state index is -1.14. The molecule has 0 spiro atoms. The van der Waals surface area contributed by atoms with Gasteiger partial charge in [-0.2, -0.15) is 0 Å². The molecule has 98 valence electrons. The number of hydrogen-bond acceptors (Lipinski definition) is 1. The number of rotatable bonds is 2. The summed E-state index contributed by atoms with van der Waals surface area (Å²) in [5.74, 6) is -2.62. The minimum Gasteiger partial charge on any atom is -0.478 e. The van der Waals surface area contributed by atoms with Crippen molar-refractivity contribution in [1.82, 2.24) is 0 Å². The number of benzene rings is 2. The smallest absolute Gasteiger partial charge is 0.335 e. The van der Waals surface area contributed by atoms with Gasteiger partial charge in [-0.1, -0.05) is 6.07 Å². The Bertz CT molecular complexity index is 669. The summed E-state index contributed by atoms with van der Waals surface area (Å²) < 4.78 is 27.9. The van der Waals surface area contributed by atoms with E-state index in [0.717, 1.165) is 6.07 Å². The van der Waals surface area contributed by atoms with Crippen LogP contribution >= 0.6 is 15.9 Å². The standard InChI is InChI=1S/C14H9BrF2O2/c1-7-4-8(6-9(5-7)14(18)19)12-11(16)3-2-10(15)13(12)17/h2-6H,1H3,(H,18,19). The molecule has 2 rings (SSSR count). The van der Waals surface area contributed by atoms with Crippen LogP contribution in [0.2, 0.25) is 0 Å². The lowest BCUT2D eigenvalue weighted by atomic mass is 9.99. The largest absolute Gasteiger partial charge is 0.478 e. The van der Waals surface area contributed by atoms with Crippen LogP contribution in [-0.2, 0) is 0 Å². The van der Waals surface area contributed by atoms with Crippen molar-refractivity contribution in [3.05, 3.63) is 57.6 Å². The van der Waals surface area contributed by atoms with Crippen LogP contribution < -0.4 is 0 Å². The fourth-order valence-electron chi connectivity index (χ4n) is 1.84. The first-order valence-corrected chi connectivity index (χ1v) is 6.18. The summed E-state index contributed by atoms with van der Waals surface area (Å²) in [6.07, 6.45) is 0. The SMILES string of the molecule is Cc1cc(C(=O)O)cc(-c2c(F)ccc(Br)c2F)c1. The molecule has 2 aromatic rings. The average molecular weight is 327 g/mol. The van der Waals surface area contributed by atoms with Crippen LogP contribution in [0.25, 0.3) is 11.1 Å². The highest BCUT2D eigenvalue weighted by atomic mass is 79.9. The second-order valence-electron chi connectivity index (χ2n) is 4.11. The van der Waals surface area contributed by atoms with Crippen LogP contribution in [0.3, 0.4) is 0 Å². The lowest BCUT2D eigenvalue weighted by Crippen LogP contribution is -1.99. The van der Waals surface area contributed by atoms with Gasteiger partial charge >= 0.3 is 5.97 Å². The molecule has 0 radical (unpaired) electrons. The molecule has 0 aliphatic rings. The lowest BCUT2D eigenvalue weighted by Gasteiger charge is -2.09. The Morgan fingerprint density at radius 2 is 1.89 bits per heavy atom. The fourth-order valence-corrected chi connectivity index (χ4v) is 2.17. The summed E-state index contributed by atoms with van der Waals surface area (Å²) in [5.41, 5.74) is 0.580. The first-order valence-electron chi connectivity index (χ1n) is 5.39. The van der Waals surface area contributed by atoms with E-state index < -0.39 is 17.6 Å². The van der Waals surface area contributed by atoms with Gasteiger partial charge in [-0.25, -0.2) is 13.6 Å². The van der Waals surface area contributed by atoms with Gasteiger partial charge in [0.15, 0.2) is 0 Å². The molecule has 0 amide bonds. The topological polar surface area (TPSA) is 37.3 Å². The van der Waals surface area contributed by atoms with Crippen molar-refractivity contribution in [3.8, 4) is 11.1 Å². The van der Waals surface area contributed by atoms with Crippen LogP contribution in [0.5, 0.6) is 0 Å². The van der Waals surface area contributed by atoms with Gasteiger partial charge in [0.1, 0.15) is 11.6 Å². The van der Waals surface area contributed by atoms with Gasteiger partial charge in [0, 0.05) is 0 Å². The number of carboxylic acids is 1. The molecule has 0 aromatic heterocycles. The van der Waals surface area contributed by atoms with E-state index in [0.29, 0.717) is 5.56 Å². The Morgan fingerprint density at radius 1 is 1.21 bits per heavy atom. The number of aromatic carboxylic acids is 1. The molecule has 2 nitrogen and oxygen atoms in total. The van der Waals surface area contributed by atoms with Crippen molar-refractivity contribution in [2.75, 3.05) is 0 Å². The van der Waals surface area contributed by atoms with Crippen molar-refractivity contribution in [2.45, 2.75) is 6.92 Å². The molecule has 2 aromatic carbocycles. The molecule has 0 atom stereocenters. The molecular formula is C14H9BrF2O2. The van der Waals surface area contributed by atoms with Crippen LogP contribution in [0, 0.1) is 18.6 Å². The summed E-state index contributed by atoms with van der Waals surface area (Å²) in [6, 6.07) is 6.64. The molecular weight excluding hydrogens is 318 g/mol. The van der Waals surface area contributed by atoms with E-state index in [-0.39, 0.29) is 21.2 Å². The average Bonchev–Trinajstić information content (AvgIpc) is 2.34. The fraction of sp³-hybridized carbons (Fsp3) is 0.0714. The van der Waals surface area contributed by atoms with E-state index in [1.165, 1.54) is 18.2 Å². The Morgan fingerprint density at radius 3 is 2.53 bits per heavy atom. The van der Waals surface area contributed by atoms with Crippen molar-refractivity contribution in [2.24, 2.45) is 0 Å². The number of carboxylic acid groups (broad SMARTS) is 1. The molecule has 0 heterocycles. The van der Waals surface area contributed by atoms with Gasteiger partial charge in [0.05, 0.1) is 15.6 Å². The van der Waals surface area contributed by atoms with Crippen LogP contribution in [0.1, 0.15) is 15.9 Å². The molecule has 0 unspecified atom stereocenters. The summed E-state index contributed by atoms with van der Waals surface area (Å²) in [5, 5.41) is 8.98. The van der Waals surface area contributed by atoms with E-state index >= 15 is 0 Å². The molecule has 0 bridgehead atoms. The van der Waals surface area contributed by atoms with Crippen LogP contribution in [0.4, 0.5) is 8.78 Å². The van der Waals surface area contributed by atoms with Gasteiger partial charge in [-0.3, -0.25) is 0 Å². The molecule has 0 fully saturated rings. The molecule has 1 N–H and O–H groups in total. The minimum absolute atomic E-state index is 0.00576. The van der Waals surface area contributed by atoms with Crippen molar-refractivity contribution >= 4 is 21.9 Å². The van der Waals surface area contributed by atoms with E-state index in [4.69, 9.17) is 5.11 Å². The van der Waals surface area contributed by atoms with Crippen molar-refractivity contribution in [1.29, 1.82) is 0 Å². The molecule has 0 aliphatic carbocycles. The Hall–Kier alpha value is -1.75. The molecule has 0 saturated carbocycles. The summed E-state index contributed by atoms with van der Waals surface area (Å²) in [4.78, 5) is 11.0. The van der Waals surface area contributed by atoms with Gasteiger partial charge in [-0.05, 0) is 58.2 Å². The van der Waals surface area contributed by atoms with Crippen LogP contribution in [-0.4, -0.2) is 11.1 Å². The quantitative estimate of drug-likeness (QED) is 0.830. The van der Waals surface area contributed by atoms with Gasteiger partial charge < -0.3 is 5.11 Å². The monoisotopic (exact) mass is 326 g/mol. The van der Waals surface area contributed by atoms with E-state index in [1.54, 1.807) is 13.0 Å². The maximum Gasteiger partial charge on any atom is 0.335 e. The molecule has 0 aliphatic heterocycles. The van der Waals surface area contributed by atoms with Crippen LogP contribution in [0.15, 0.2) is 34.8 Å². The predicted octanol–water partition coefficient (Wildman–Crippen LogP) is 4.40. The van der Waals surface area contributed by atoms with E-state index in [1.807, 2.05) is 0 Å². The van der Waals surface area contributed by atoms with Gasteiger partial charge in [0.2, 0.25) is 0 Å². The normalized spacial score (nSPS) is 10.5. The molecule has 0 saturated heterocycles. The zero-order valence-electron chi connectivity index (χ0n) is 9.88. The first kappa shape index (κ1) is 13.7. The Labute approximate surface area is 116 Å². The maximum absolute atomic E-state index is 14.0. The van der Waals surface area contributed by atoms with Crippen molar-refractivity contribution < 1.29 is 18.7 Å². The van der Waals surface area contributed by atoms with E-state index in [2.05, 4.69) is 15.9 Å². The predicted molar refractivity (Wildman–Crippen MR) is 71.2 cm³/mol. The summed E-state index contributed by atoms with van der Waals surface area (Å²) >= 11 is 2.99. The Balaban J connectivity index is 2.72. The number of hydrogen-bond donors (Lipinski definition) is 1. The second-order valence-corrected chi connectivity index (χ2v) is 4.97. The third-order valence-electron chi connectivity index (χ3n) is 2.66. The third-order valence-corrected chi connectivity index (χ3v) is 3.27. The highest BCUT2D eigenvalue weighted by Crippen LogP contribution is 2.31. The van der Waals surface area contributed by atoms with Crippen molar-refractivity contribution in [3.63, 3.8) is 0 Å².